The summed E-state index contributed by atoms with van der Waals surface area (Å²) >= 11 is 7.79. The number of carbonyl (C=O) groups excluding carboxylic acids is 8. The van der Waals surface area contributed by atoms with E-state index in [1.54, 1.807) is 0 Å². The van der Waals surface area contributed by atoms with E-state index in [1.165, 1.54) is 0 Å². The van der Waals surface area contributed by atoms with Gasteiger partial charge in [0, 0.05) is 24.6 Å². The first-order chi connectivity index (χ1) is 30.1. The highest BCUT2D eigenvalue weighted by Gasteiger charge is 2.37. The zero-order chi connectivity index (χ0) is 48.5. The number of carboxylic acid groups (broad SMARTS) is 3. The first-order valence-corrected chi connectivity index (χ1v) is 21.2. The van der Waals surface area contributed by atoms with Gasteiger partial charge in [-0.1, -0.05) is 0 Å². The lowest BCUT2D eigenvalue weighted by Gasteiger charge is -2.27. The van der Waals surface area contributed by atoms with Crippen molar-refractivity contribution >= 4 is 96.4 Å². The number of carbonyl (C=O) groups is 11. The third kappa shape index (κ3) is 21.0. The van der Waals surface area contributed by atoms with Crippen LogP contribution in [-0.4, -0.2) is 178 Å². The van der Waals surface area contributed by atoms with Crippen LogP contribution in [0, 0.1) is 0 Å². The number of aliphatic imine (C=N–C) groups is 1. The summed E-state index contributed by atoms with van der Waals surface area (Å²) < 4.78 is 0. The van der Waals surface area contributed by atoms with Crippen molar-refractivity contribution in [2.24, 2.45) is 27.9 Å². The van der Waals surface area contributed by atoms with Crippen LogP contribution in [0.15, 0.2) is 4.99 Å². The minimum Gasteiger partial charge on any atom is -0.481 e. The number of amides is 8. The number of unbranched alkanes of at least 4 members (excludes halogenated alkanes) is 1. The van der Waals surface area contributed by atoms with Crippen LogP contribution in [-0.2, 0) is 52.7 Å². The second-order valence-corrected chi connectivity index (χ2v) is 15.0. The minimum absolute atomic E-state index is 0.0106. The predicted octanol–water partition coefficient (Wildman–Crippen LogP) is -6.96. The average molecular weight is 950 g/mol. The highest BCUT2D eigenvalue weighted by molar-refractivity contribution is 7.80. The van der Waals surface area contributed by atoms with Crippen molar-refractivity contribution in [3.63, 3.8) is 0 Å². The van der Waals surface area contributed by atoms with E-state index >= 15 is 0 Å². The molecule has 1 heterocycles. The highest BCUT2D eigenvalue weighted by Crippen LogP contribution is 2.18. The van der Waals surface area contributed by atoms with Crippen LogP contribution in [0.5, 0.6) is 0 Å². The molecule has 0 spiro atoms. The van der Waals surface area contributed by atoms with E-state index in [0.717, 1.165) is 4.90 Å². The molecule has 8 amide bonds. The third-order valence-electron chi connectivity index (χ3n) is 9.24. The Balaban J connectivity index is 3.05. The molecule has 18 N–H and O–H groups in total. The van der Waals surface area contributed by atoms with Gasteiger partial charge < -0.3 is 80.4 Å². The van der Waals surface area contributed by atoms with E-state index in [1.807, 2.05) is 0 Å². The molecule has 7 atom stereocenters. The van der Waals surface area contributed by atoms with Gasteiger partial charge in [-0.15, -0.1) is 0 Å². The van der Waals surface area contributed by atoms with Gasteiger partial charge in [0.2, 0.25) is 47.3 Å². The van der Waals surface area contributed by atoms with Gasteiger partial charge in [0.05, 0.1) is 32.0 Å². The van der Waals surface area contributed by atoms with Crippen LogP contribution in [0.25, 0.3) is 0 Å². The fraction of sp³-hybridized carbons (Fsp3) is 0.657. The molecule has 1 rings (SSSR count). The van der Waals surface area contributed by atoms with Gasteiger partial charge in [0.1, 0.15) is 36.3 Å². The lowest BCUT2D eigenvalue weighted by atomic mass is 10.1. The van der Waals surface area contributed by atoms with Crippen molar-refractivity contribution in [3.8, 4) is 0 Å². The lowest BCUT2D eigenvalue weighted by molar-refractivity contribution is -0.144. The molecule has 0 saturated carbocycles. The standard InChI is InChI=1S/C35H59N13O14S2/c36-8-2-1-5-18(30(57)42-14-25(50)48-10-4-7-23(48)33(60)46-21(12-27(53)54)32(59)47-22(16-64)34(61)62)45-31(58)20(11-26(51)52)43-24(49)13-41-29(56)19(6-3-9-40-35(38)39)44-28(55)17(37)15-63/h17-23,63-64H,1-16,36-37H2,(H,41,56)(H,42,57)(H,43,49)(H,44,55)(H,45,58)(H,46,60)(H,47,59)(H,51,52)(H,53,54)(H,61,62)(H4,38,39,40)/t17-,18-,19-,20-,21-,22-,23-/m0/s1. The number of hydrogen-bond donors (Lipinski definition) is 16. The number of guanidine groups is 1. The van der Waals surface area contributed by atoms with E-state index in [-0.39, 0.29) is 69.2 Å². The predicted molar refractivity (Wildman–Crippen MR) is 231 cm³/mol. The summed E-state index contributed by atoms with van der Waals surface area (Å²) in [5.74, 6) is -12.5. The Labute approximate surface area is 377 Å². The van der Waals surface area contributed by atoms with Crippen LogP contribution in [0.4, 0.5) is 0 Å². The lowest BCUT2D eigenvalue weighted by Crippen LogP contribution is -2.57. The molecule has 0 bridgehead atoms. The molecule has 360 valence electrons. The van der Waals surface area contributed by atoms with E-state index in [0.29, 0.717) is 12.8 Å². The van der Waals surface area contributed by atoms with Crippen molar-refractivity contribution in [1.29, 1.82) is 0 Å². The monoisotopic (exact) mass is 949 g/mol. The number of thiol groups is 2. The van der Waals surface area contributed by atoms with E-state index in [4.69, 9.17) is 22.9 Å². The molecule has 29 heteroatoms. The second kappa shape index (κ2) is 29.4. The Morgan fingerprint density at radius 1 is 0.656 bits per heavy atom. The Morgan fingerprint density at radius 2 is 1.19 bits per heavy atom. The molecule has 1 aliphatic heterocycles. The van der Waals surface area contributed by atoms with Crippen LogP contribution < -0.4 is 60.2 Å². The number of hydrogen-bond acceptors (Lipinski definition) is 16. The number of nitrogens with two attached hydrogens (primary N) is 4. The molecule has 1 aliphatic rings. The zero-order valence-corrected chi connectivity index (χ0v) is 36.6. The molecular weight excluding hydrogens is 891 g/mol. The van der Waals surface area contributed by atoms with Crippen LogP contribution in [0.2, 0.25) is 0 Å². The molecule has 64 heavy (non-hydrogen) atoms. The topological polar surface area (TPSA) is 452 Å². The Hall–Kier alpha value is -5.94. The van der Waals surface area contributed by atoms with Gasteiger partial charge in [-0.05, 0) is 51.5 Å². The normalized spacial score (nSPS) is 15.9. The second-order valence-electron chi connectivity index (χ2n) is 14.3. The van der Waals surface area contributed by atoms with Crippen LogP contribution >= 0.6 is 25.3 Å². The van der Waals surface area contributed by atoms with Crippen molar-refractivity contribution in [1.82, 2.24) is 42.1 Å². The van der Waals surface area contributed by atoms with E-state index in [2.05, 4.69) is 67.5 Å². The van der Waals surface area contributed by atoms with Crippen LogP contribution in [0.1, 0.15) is 57.8 Å². The maximum absolute atomic E-state index is 13.4. The van der Waals surface area contributed by atoms with Crippen molar-refractivity contribution in [2.75, 3.05) is 44.2 Å². The molecule has 1 saturated heterocycles. The Bertz CT molecular complexity index is 1720. The minimum atomic E-state index is -1.78. The summed E-state index contributed by atoms with van der Waals surface area (Å²) in [5.41, 5.74) is 21.9. The molecule has 0 radical (unpaired) electrons. The number of likely N-dealkylation sites (tertiary alicyclic amines) is 1. The van der Waals surface area contributed by atoms with Crippen LogP contribution in [0.3, 0.4) is 0 Å². The summed E-state index contributed by atoms with van der Waals surface area (Å²) in [5, 5.41) is 44.0. The number of rotatable bonds is 30. The maximum Gasteiger partial charge on any atom is 0.327 e. The van der Waals surface area contributed by atoms with Gasteiger partial charge in [0.15, 0.2) is 5.96 Å². The molecule has 0 aliphatic carbocycles. The smallest absolute Gasteiger partial charge is 0.327 e. The van der Waals surface area contributed by atoms with Crippen molar-refractivity contribution in [2.45, 2.75) is 100 Å². The Kier molecular flexibility index (Phi) is 25.8. The molecule has 0 aromatic heterocycles. The largest absolute Gasteiger partial charge is 0.481 e. The molecule has 1 fully saturated rings. The SMILES string of the molecule is NCCCC[C@H](NC(=O)[C@H](CC(=O)O)NC(=O)CNC(=O)[C@H](CCCN=C(N)N)NC(=O)[C@@H](N)CS)C(=O)NCC(=O)N1CCC[C@H]1C(=O)N[C@@H](CC(=O)O)C(=O)N[C@@H](CS)C(=O)O. The number of aliphatic carboxylic acids is 3. The Morgan fingerprint density at radius 3 is 1.70 bits per heavy atom. The summed E-state index contributed by atoms with van der Waals surface area (Å²) in [6.07, 6.45) is -0.663. The average Bonchev–Trinajstić information content (AvgIpc) is 3.73. The first kappa shape index (κ1) is 56.1. The highest BCUT2D eigenvalue weighted by atomic mass is 32.1. The maximum atomic E-state index is 13.4. The number of nitrogens with zero attached hydrogens (tertiary/aromatic N) is 2. The summed E-state index contributed by atoms with van der Waals surface area (Å²) in [7, 11) is 0. The number of carboxylic acids is 3. The van der Waals surface area contributed by atoms with Gasteiger partial charge in [-0.2, -0.15) is 25.3 Å². The summed E-state index contributed by atoms with van der Waals surface area (Å²) in [6, 6.07) is -9.87. The van der Waals surface area contributed by atoms with Gasteiger partial charge in [0.25, 0.3) is 0 Å². The third-order valence-corrected chi connectivity index (χ3v) is 10.0. The van der Waals surface area contributed by atoms with Crippen molar-refractivity contribution < 1.29 is 68.1 Å². The molecular formula is C35H59N13O14S2. The molecule has 27 nitrogen and oxygen atoms in total. The van der Waals surface area contributed by atoms with E-state index < -0.39 is 133 Å². The van der Waals surface area contributed by atoms with Crippen molar-refractivity contribution in [3.05, 3.63) is 0 Å². The quantitative estimate of drug-likeness (QED) is 0.0138. The summed E-state index contributed by atoms with van der Waals surface area (Å²) in [4.78, 5) is 144. The number of nitrogens with one attached hydrogen (secondary N) is 7. The molecule has 0 aromatic carbocycles. The first-order valence-electron chi connectivity index (χ1n) is 19.9. The van der Waals surface area contributed by atoms with Gasteiger partial charge in [-0.3, -0.25) is 52.9 Å². The van der Waals surface area contributed by atoms with E-state index in [9.17, 15) is 68.1 Å². The molecule has 0 aromatic rings. The zero-order valence-electron chi connectivity index (χ0n) is 34.8. The molecule has 0 unspecified atom stereocenters. The summed E-state index contributed by atoms with van der Waals surface area (Å²) in [6.45, 7) is -1.16. The van der Waals surface area contributed by atoms with Gasteiger partial charge >= 0.3 is 17.9 Å². The fourth-order valence-electron chi connectivity index (χ4n) is 5.92. The van der Waals surface area contributed by atoms with Gasteiger partial charge in [-0.25, -0.2) is 4.79 Å². The fourth-order valence-corrected chi connectivity index (χ4v) is 6.34.